The summed E-state index contributed by atoms with van der Waals surface area (Å²) in [4.78, 5) is 11.3. The Morgan fingerprint density at radius 1 is 1.20 bits per heavy atom. The van der Waals surface area contributed by atoms with Gasteiger partial charge in [-0.1, -0.05) is 12.8 Å². The number of hydrogen-bond acceptors (Lipinski definition) is 5. The molecule has 2 N–H and O–H groups in total. The zero-order valence-corrected chi connectivity index (χ0v) is 20.1. The van der Waals surface area contributed by atoms with Crippen molar-refractivity contribution in [2.45, 2.75) is 45.3 Å². The van der Waals surface area contributed by atoms with E-state index in [2.05, 4.69) is 37.6 Å². The number of anilines is 1. The van der Waals surface area contributed by atoms with Crippen LogP contribution in [0.5, 0.6) is 0 Å². The lowest BCUT2D eigenvalue weighted by Gasteiger charge is -2.22. The van der Waals surface area contributed by atoms with E-state index in [4.69, 9.17) is 9.15 Å². The SMILES string of the molecule is CN=C(NCCCOCc1ccco1)NCc1ccnc(N2CCCCCC2)c1.I. The summed E-state index contributed by atoms with van der Waals surface area (Å²) in [5.41, 5.74) is 1.21. The minimum atomic E-state index is 0. The highest BCUT2D eigenvalue weighted by molar-refractivity contribution is 14.0. The van der Waals surface area contributed by atoms with Crippen LogP contribution in [-0.4, -0.2) is 44.2 Å². The van der Waals surface area contributed by atoms with Gasteiger partial charge in [-0.3, -0.25) is 4.99 Å². The van der Waals surface area contributed by atoms with E-state index in [1.54, 1.807) is 13.3 Å². The van der Waals surface area contributed by atoms with Crippen molar-refractivity contribution in [3.05, 3.63) is 48.0 Å². The topological polar surface area (TPSA) is 74.9 Å². The van der Waals surface area contributed by atoms with Gasteiger partial charge >= 0.3 is 0 Å². The Bertz CT molecular complexity index is 731. The van der Waals surface area contributed by atoms with Gasteiger partial charge in [0.15, 0.2) is 5.96 Å². The number of halogens is 1. The number of hydrogen-bond donors (Lipinski definition) is 2. The Balaban J connectivity index is 0.00000320. The van der Waals surface area contributed by atoms with Gasteiger partial charge in [-0.2, -0.15) is 0 Å². The first-order chi connectivity index (χ1) is 14.3. The Kier molecular flexibility index (Phi) is 11.6. The summed E-state index contributed by atoms with van der Waals surface area (Å²) in [6, 6.07) is 8.04. The monoisotopic (exact) mass is 527 g/mol. The Morgan fingerprint density at radius 2 is 2.03 bits per heavy atom. The maximum Gasteiger partial charge on any atom is 0.191 e. The summed E-state index contributed by atoms with van der Waals surface area (Å²) in [6.45, 7) is 4.92. The second-order valence-corrected chi connectivity index (χ2v) is 7.26. The molecule has 1 aliphatic rings. The third-order valence-corrected chi connectivity index (χ3v) is 5.01. The summed E-state index contributed by atoms with van der Waals surface area (Å²) in [6.07, 6.45) is 9.63. The minimum absolute atomic E-state index is 0. The van der Waals surface area contributed by atoms with E-state index in [0.29, 0.717) is 13.2 Å². The maximum absolute atomic E-state index is 5.60. The number of aromatic nitrogens is 1. The lowest BCUT2D eigenvalue weighted by atomic mass is 10.2. The molecule has 8 heteroatoms. The third kappa shape index (κ3) is 8.51. The quantitative estimate of drug-likeness (QED) is 0.223. The molecule has 0 radical (unpaired) electrons. The first kappa shape index (κ1) is 24.5. The second kappa shape index (κ2) is 14.2. The molecule has 30 heavy (non-hydrogen) atoms. The Labute approximate surface area is 196 Å². The van der Waals surface area contributed by atoms with Crippen molar-refractivity contribution in [3.63, 3.8) is 0 Å². The summed E-state index contributed by atoms with van der Waals surface area (Å²) in [5.74, 6) is 2.74. The maximum atomic E-state index is 5.60. The molecule has 1 saturated heterocycles. The number of nitrogens with one attached hydrogen (secondary N) is 2. The molecule has 1 aliphatic heterocycles. The van der Waals surface area contributed by atoms with Gasteiger partial charge in [0.1, 0.15) is 18.2 Å². The van der Waals surface area contributed by atoms with Gasteiger partial charge in [-0.15, -0.1) is 24.0 Å². The van der Waals surface area contributed by atoms with E-state index < -0.39 is 0 Å². The van der Waals surface area contributed by atoms with Crippen LogP contribution in [0, 0.1) is 0 Å². The Hall–Kier alpha value is -1.81. The van der Waals surface area contributed by atoms with Crippen LogP contribution in [0.3, 0.4) is 0 Å². The molecule has 1 fully saturated rings. The van der Waals surface area contributed by atoms with Gasteiger partial charge < -0.3 is 24.7 Å². The van der Waals surface area contributed by atoms with Crippen molar-refractivity contribution < 1.29 is 9.15 Å². The summed E-state index contributed by atoms with van der Waals surface area (Å²) >= 11 is 0. The smallest absolute Gasteiger partial charge is 0.191 e. The number of furan rings is 1. The van der Waals surface area contributed by atoms with Crippen molar-refractivity contribution in [1.29, 1.82) is 0 Å². The molecule has 0 aromatic carbocycles. The van der Waals surface area contributed by atoms with E-state index in [-0.39, 0.29) is 24.0 Å². The summed E-state index contributed by atoms with van der Waals surface area (Å²) in [7, 11) is 1.79. The van der Waals surface area contributed by atoms with E-state index in [9.17, 15) is 0 Å². The summed E-state index contributed by atoms with van der Waals surface area (Å²) < 4.78 is 10.8. The fourth-order valence-corrected chi connectivity index (χ4v) is 3.40. The molecular formula is C22H34IN5O2. The first-order valence-electron chi connectivity index (χ1n) is 10.6. The zero-order chi connectivity index (χ0) is 20.2. The van der Waals surface area contributed by atoms with Crippen LogP contribution in [0.25, 0.3) is 0 Å². The van der Waals surface area contributed by atoms with Gasteiger partial charge in [0.2, 0.25) is 0 Å². The average Bonchev–Trinajstić information content (AvgIpc) is 3.12. The fourth-order valence-electron chi connectivity index (χ4n) is 3.40. The highest BCUT2D eigenvalue weighted by Crippen LogP contribution is 2.18. The number of guanidine groups is 1. The molecule has 7 nitrogen and oxygen atoms in total. The number of nitrogens with zero attached hydrogens (tertiary/aromatic N) is 3. The molecular weight excluding hydrogens is 493 g/mol. The molecule has 2 aromatic heterocycles. The van der Waals surface area contributed by atoms with Crippen LogP contribution in [-0.2, 0) is 17.9 Å². The largest absolute Gasteiger partial charge is 0.467 e. The first-order valence-corrected chi connectivity index (χ1v) is 10.6. The van der Waals surface area contributed by atoms with Gasteiger partial charge in [0, 0.05) is 46.0 Å². The average molecular weight is 527 g/mol. The highest BCUT2D eigenvalue weighted by Gasteiger charge is 2.11. The standard InChI is InChI=1S/C22H33N5O2.HI/c1-23-22(25-10-7-14-28-18-20-8-6-15-29-20)26-17-19-9-11-24-21(16-19)27-12-4-2-3-5-13-27;/h6,8-9,11,15-16H,2-5,7,10,12-14,17-18H2,1H3,(H2,23,25,26);1H. The third-order valence-electron chi connectivity index (χ3n) is 5.01. The second-order valence-electron chi connectivity index (χ2n) is 7.26. The van der Waals surface area contributed by atoms with Crippen molar-refractivity contribution in [3.8, 4) is 0 Å². The molecule has 3 rings (SSSR count). The van der Waals surface area contributed by atoms with Gasteiger partial charge in [-0.05, 0) is 49.1 Å². The van der Waals surface area contributed by atoms with Crippen molar-refractivity contribution in [2.24, 2.45) is 4.99 Å². The molecule has 0 spiro atoms. The number of pyridine rings is 1. The van der Waals surface area contributed by atoms with Crippen molar-refractivity contribution >= 4 is 35.8 Å². The van der Waals surface area contributed by atoms with Gasteiger partial charge in [0.05, 0.1) is 6.26 Å². The molecule has 0 aliphatic carbocycles. The molecule has 166 valence electrons. The van der Waals surface area contributed by atoms with Crippen LogP contribution >= 0.6 is 24.0 Å². The predicted octanol–water partition coefficient (Wildman–Crippen LogP) is 3.94. The van der Waals surface area contributed by atoms with Crippen LogP contribution in [0.2, 0.25) is 0 Å². The van der Waals surface area contributed by atoms with E-state index in [0.717, 1.165) is 50.1 Å². The van der Waals surface area contributed by atoms with Crippen LogP contribution < -0.4 is 15.5 Å². The Morgan fingerprint density at radius 3 is 2.77 bits per heavy atom. The highest BCUT2D eigenvalue weighted by atomic mass is 127. The molecule has 3 heterocycles. The predicted molar refractivity (Wildman–Crippen MR) is 132 cm³/mol. The number of aliphatic imine (C=N–C) groups is 1. The van der Waals surface area contributed by atoms with Crippen molar-refractivity contribution in [2.75, 3.05) is 38.2 Å². The normalized spacial score (nSPS) is 14.7. The van der Waals surface area contributed by atoms with Crippen LogP contribution in [0.4, 0.5) is 5.82 Å². The molecule has 0 amide bonds. The molecule has 0 bridgehead atoms. The molecule has 0 atom stereocenters. The fraction of sp³-hybridized carbons (Fsp3) is 0.545. The van der Waals surface area contributed by atoms with Gasteiger partial charge in [0.25, 0.3) is 0 Å². The van der Waals surface area contributed by atoms with E-state index in [1.165, 1.54) is 31.2 Å². The van der Waals surface area contributed by atoms with Crippen LogP contribution in [0.1, 0.15) is 43.4 Å². The van der Waals surface area contributed by atoms with Crippen LogP contribution in [0.15, 0.2) is 46.1 Å². The number of rotatable bonds is 9. The van der Waals surface area contributed by atoms with E-state index in [1.807, 2.05) is 18.3 Å². The number of ether oxygens (including phenoxy) is 1. The lowest BCUT2D eigenvalue weighted by molar-refractivity contribution is 0.105. The molecule has 2 aromatic rings. The molecule has 0 saturated carbocycles. The summed E-state index contributed by atoms with van der Waals surface area (Å²) in [5, 5.41) is 6.71. The van der Waals surface area contributed by atoms with Gasteiger partial charge in [-0.25, -0.2) is 4.98 Å². The lowest BCUT2D eigenvalue weighted by Crippen LogP contribution is -2.37. The zero-order valence-electron chi connectivity index (χ0n) is 17.8. The van der Waals surface area contributed by atoms with E-state index >= 15 is 0 Å². The molecule has 0 unspecified atom stereocenters. The minimum Gasteiger partial charge on any atom is -0.467 e. The van der Waals surface area contributed by atoms with Crippen molar-refractivity contribution in [1.82, 2.24) is 15.6 Å².